The Morgan fingerprint density at radius 1 is 1.00 bits per heavy atom. The molecular weight excluding hydrogens is 412 g/mol. The summed E-state index contributed by atoms with van der Waals surface area (Å²) in [5.74, 6) is 3.22. The Morgan fingerprint density at radius 2 is 1.66 bits per heavy atom. The van der Waals surface area contributed by atoms with Gasteiger partial charge in [0.2, 0.25) is 6.79 Å². The smallest absolute Gasteiger partial charge is 0.231 e. The van der Waals surface area contributed by atoms with Crippen LogP contribution in [0, 0.1) is 11.8 Å². The molecule has 0 radical (unpaired) electrons. The Hall–Kier alpha value is -2.74. The molecule has 0 spiro atoms. The Bertz CT molecular complexity index is 1000. The van der Waals surface area contributed by atoms with Crippen molar-refractivity contribution in [3.8, 4) is 23.0 Å². The molecule has 7 heteroatoms. The minimum atomic E-state index is -0.720. The Labute approximate surface area is 187 Å². The van der Waals surface area contributed by atoms with Gasteiger partial charge >= 0.3 is 0 Å². The number of rotatable bonds is 7. The van der Waals surface area contributed by atoms with Gasteiger partial charge in [0.25, 0.3) is 0 Å². The van der Waals surface area contributed by atoms with Crippen molar-refractivity contribution in [2.75, 3.05) is 33.7 Å². The molecule has 0 saturated carbocycles. The number of benzene rings is 2. The molecule has 2 saturated heterocycles. The van der Waals surface area contributed by atoms with Gasteiger partial charge in [-0.15, -0.1) is 0 Å². The zero-order valence-electron chi connectivity index (χ0n) is 18.3. The highest BCUT2D eigenvalue weighted by molar-refractivity contribution is 5.46. The van der Waals surface area contributed by atoms with Crippen LogP contribution in [0.2, 0.25) is 0 Å². The van der Waals surface area contributed by atoms with Crippen LogP contribution in [0.4, 0.5) is 0 Å². The molecule has 0 bridgehead atoms. The van der Waals surface area contributed by atoms with Crippen LogP contribution in [-0.2, 0) is 9.47 Å². The fourth-order valence-electron chi connectivity index (χ4n) is 4.62. The van der Waals surface area contributed by atoms with Crippen LogP contribution in [0.1, 0.15) is 30.3 Å². The molecule has 2 fully saturated rings. The maximum absolute atomic E-state index is 9.94. The van der Waals surface area contributed by atoms with Gasteiger partial charge in [-0.05, 0) is 47.9 Å². The first-order valence-electron chi connectivity index (χ1n) is 10.8. The maximum Gasteiger partial charge on any atom is 0.231 e. The second kappa shape index (κ2) is 8.65. The summed E-state index contributed by atoms with van der Waals surface area (Å²) in [4.78, 5) is 0. The van der Waals surface area contributed by atoms with E-state index in [1.807, 2.05) is 36.4 Å². The molecule has 0 amide bonds. The van der Waals surface area contributed by atoms with Crippen molar-refractivity contribution < 1.29 is 33.5 Å². The van der Waals surface area contributed by atoms with Crippen LogP contribution in [0.3, 0.4) is 0 Å². The van der Waals surface area contributed by atoms with Gasteiger partial charge in [-0.25, -0.2) is 0 Å². The Balaban J connectivity index is 1.31. The molecule has 170 valence electrons. The third-order valence-electron chi connectivity index (χ3n) is 6.47. The lowest BCUT2D eigenvalue weighted by Crippen LogP contribution is -2.18. The van der Waals surface area contributed by atoms with E-state index >= 15 is 0 Å². The van der Waals surface area contributed by atoms with E-state index in [4.69, 9.17) is 28.4 Å². The third kappa shape index (κ3) is 3.81. The number of hydrogen-bond acceptors (Lipinski definition) is 7. The summed E-state index contributed by atoms with van der Waals surface area (Å²) in [6.45, 7) is 7.15. The van der Waals surface area contributed by atoms with Crippen LogP contribution < -0.4 is 18.9 Å². The number of aliphatic hydroxyl groups is 1. The molecule has 3 aliphatic heterocycles. The lowest BCUT2D eigenvalue weighted by Gasteiger charge is -2.19. The molecule has 0 aromatic heterocycles. The maximum atomic E-state index is 9.94. The molecule has 5 rings (SSSR count). The molecule has 3 heterocycles. The molecule has 7 nitrogen and oxygen atoms in total. The van der Waals surface area contributed by atoms with E-state index in [2.05, 4.69) is 6.58 Å². The number of ether oxygens (including phenoxy) is 6. The zero-order chi connectivity index (χ0) is 22.2. The highest BCUT2D eigenvalue weighted by Gasteiger charge is 2.48. The summed E-state index contributed by atoms with van der Waals surface area (Å²) >= 11 is 0. The minimum absolute atomic E-state index is 0.0346. The highest BCUT2D eigenvalue weighted by Crippen LogP contribution is 2.51. The van der Waals surface area contributed by atoms with Crippen molar-refractivity contribution in [1.29, 1.82) is 0 Å². The van der Waals surface area contributed by atoms with E-state index in [0.717, 1.165) is 22.6 Å². The van der Waals surface area contributed by atoms with E-state index in [-0.39, 0.29) is 37.4 Å². The van der Waals surface area contributed by atoms with E-state index in [1.165, 1.54) is 0 Å². The average Bonchev–Trinajstić information content (AvgIpc) is 3.52. The lowest BCUT2D eigenvalue weighted by atomic mass is 9.85. The molecule has 32 heavy (non-hydrogen) atoms. The predicted octanol–water partition coefficient (Wildman–Crippen LogP) is 3.81. The van der Waals surface area contributed by atoms with Gasteiger partial charge in [-0.3, -0.25) is 0 Å². The molecular formula is C25H28O7. The first kappa shape index (κ1) is 21.1. The van der Waals surface area contributed by atoms with Gasteiger partial charge in [-0.1, -0.05) is 18.7 Å². The Kier molecular flexibility index (Phi) is 5.71. The fourth-order valence-corrected chi connectivity index (χ4v) is 4.62. The van der Waals surface area contributed by atoms with Crippen molar-refractivity contribution >= 4 is 0 Å². The SMILES string of the molecule is C=C(C)[C@H](O)COc1ccc([C@H]2OC[C@H]3[C@@H]2CO[C@@H]3c2ccc3c(c2)OCO3)cc1OC. The van der Waals surface area contributed by atoms with Crippen molar-refractivity contribution in [2.24, 2.45) is 11.8 Å². The molecule has 5 atom stereocenters. The molecule has 0 unspecified atom stereocenters. The van der Waals surface area contributed by atoms with Crippen LogP contribution in [0.5, 0.6) is 23.0 Å². The first-order chi connectivity index (χ1) is 15.5. The van der Waals surface area contributed by atoms with Gasteiger partial charge in [0.1, 0.15) is 12.7 Å². The normalized spacial score (nSPS) is 26.6. The standard InChI is InChI=1S/C25H28O7/c1-14(2)19(26)12-28-20-6-4-15(8-22(20)27-3)24-17-10-30-25(18(17)11-29-24)16-5-7-21-23(9-16)32-13-31-21/h4-9,17-19,24-26H,1,10-13H2,2-3H3/t17-,18-,19+,24+,25+/m0/s1. The van der Waals surface area contributed by atoms with Crippen molar-refractivity contribution in [3.05, 3.63) is 59.7 Å². The lowest BCUT2D eigenvalue weighted by molar-refractivity contribution is 0.0191. The summed E-state index contributed by atoms with van der Waals surface area (Å²) in [5, 5.41) is 9.94. The van der Waals surface area contributed by atoms with E-state index in [1.54, 1.807) is 14.0 Å². The largest absolute Gasteiger partial charge is 0.493 e. The molecule has 0 aliphatic carbocycles. The average molecular weight is 440 g/mol. The summed E-state index contributed by atoms with van der Waals surface area (Å²) in [6.07, 6.45) is -0.836. The topological polar surface area (TPSA) is 75.6 Å². The van der Waals surface area contributed by atoms with Gasteiger partial charge < -0.3 is 33.5 Å². The minimum Gasteiger partial charge on any atom is -0.493 e. The second-order valence-electron chi connectivity index (χ2n) is 8.53. The number of fused-ring (bicyclic) bond motifs is 2. The van der Waals surface area contributed by atoms with Crippen molar-refractivity contribution in [3.63, 3.8) is 0 Å². The summed E-state index contributed by atoms with van der Waals surface area (Å²) < 4.78 is 34.7. The molecule has 2 aromatic carbocycles. The zero-order valence-corrected chi connectivity index (χ0v) is 18.3. The van der Waals surface area contributed by atoms with Gasteiger partial charge in [0, 0.05) is 11.8 Å². The molecule has 2 aromatic rings. The van der Waals surface area contributed by atoms with E-state index in [9.17, 15) is 5.11 Å². The quantitative estimate of drug-likeness (QED) is 0.656. The van der Waals surface area contributed by atoms with Crippen LogP contribution in [-0.4, -0.2) is 44.9 Å². The molecule has 3 aliphatic rings. The molecule has 1 N–H and O–H groups in total. The fraction of sp³-hybridized carbons (Fsp3) is 0.440. The van der Waals surface area contributed by atoms with Crippen LogP contribution in [0.25, 0.3) is 0 Å². The van der Waals surface area contributed by atoms with Gasteiger partial charge in [-0.2, -0.15) is 0 Å². The monoisotopic (exact) mass is 440 g/mol. The van der Waals surface area contributed by atoms with Crippen LogP contribution >= 0.6 is 0 Å². The Morgan fingerprint density at radius 3 is 2.34 bits per heavy atom. The van der Waals surface area contributed by atoms with Gasteiger partial charge in [0.05, 0.1) is 32.5 Å². The predicted molar refractivity (Wildman–Crippen MR) is 116 cm³/mol. The van der Waals surface area contributed by atoms with Crippen molar-refractivity contribution in [1.82, 2.24) is 0 Å². The number of aliphatic hydroxyl groups excluding tert-OH is 1. The number of methoxy groups -OCH3 is 1. The van der Waals surface area contributed by atoms with Crippen LogP contribution in [0.15, 0.2) is 48.6 Å². The third-order valence-corrected chi connectivity index (χ3v) is 6.47. The van der Waals surface area contributed by atoms with Crippen molar-refractivity contribution in [2.45, 2.75) is 25.2 Å². The summed E-state index contributed by atoms with van der Waals surface area (Å²) in [7, 11) is 1.60. The summed E-state index contributed by atoms with van der Waals surface area (Å²) in [6, 6.07) is 11.8. The number of hydrogen-bond donors (Lipinski definition) is 1. The second-order valence-corrected chi connectivity index (χ2v) is 8.53. The summed E-state index contributed by atoms with van der Waals surface area (Å²) in [5.41, 5.74) is 2.77. The highest BCUT2D eigenvalue weighted by atomic mass is 16.7. The van der Waals surface area contributed by atoms with Gasteiger partial charge in [0.15, 0.2) is 23.0 Å². The van der Waals surface area contributed by atoms with E-state index < -0.39 is 6.10 Å². The first-order valence-corrected chi connectivity index (χ1v) is 10.8. The van der Waals surface area contributed by atoms with E-state index in [0.29, 0.717) is 30.3 Å².